The number of hydrogen-bond acceptors (Lipinski definition) is 4. The molecule has 0 aliphatic heterocycles. The van der Waals surface area contributed by atoms with E-state index in [-0.39, 0.29) is 24.6 Å². The summed E-state index contributed by atoms with van der Waals surface area (Å²) in [6, 6.07) is 23.0. The van der Waals surface area contributed by atoms with Gasteiger partial charge in [0.2, 0.25) is 5.91 Å². The summed E-state index contributed by atoms with van der Waals surface area (Å²) in [6.45, 7) is 3.93. The predicted octanol–water partition coefficient (Wildman–Crippen LogP) is 3.69. The number of carbonyl (C=O) groups excluding carboxylic acids is 1. The molecule has 0 spiro atoms. The second-order valence-electron chi connectivity index (χ2n) is 7.12. The van der Waals surface area contributed by atoms with Crippen molar-refractivity contribution in [3.8, 4) is 5.75 Å². The molecule has 0 atom stereocenters. The summed E-state index contributed by atoms with van der Waals surface area (Å²) in [5.74, 6) is 0.302. The van der Waals surface area contributed by atoms with Crippen molar-refractivity contribution in [1.29, 1.82) is 0 Å². The second-order valence-corrected chi connectivity index (χ2v) is 8.98. The summed E-state index contributed by atoms with van der Waals surface area (Å²) in [5, 5.41) is 2.74. The third-order valence-corrected chi connectivity index (χ3v) is 6.49. The number of benzene rings is 3. The Balaban J connectivity index is 1.73. The number of para-hydroxylation sites is 2. The Labute approximate surface area is 183 Å². The molecule has 3 aromatic carbocycles. The van der Waals surface area contributed by atoms with Crippen LogP contribution in [-0.2, 0) is 14.8 Å². The summed E-state index contributed by atoms with van der Waals surface area (Å²) >= 11 is 0. The van der Waals surface area contributed by atoms with Crippen molar-refractivity contribution in [2.45, 2.75) is 18.7 Å². The molecule has 3 rings (SSSR count). The highest BCUT2D eigenvalue weighted by Gasteiger charge is 2.28. The Kier molecular flexibility index (Phi) is 7.31. The number of rotatable bonds is 9. The number of sulfonamides is 1. The van der Waals surface area contributed by atoms with Gasteiger partial charge in [-0.2, -0.15) is 0 Å². The van der Waals surface area contributed by atoms with Crippen molar-refractivity contribution >= 4 is 21.6 Å². The summed E-state index contributed by atoms with van der Waals surface area (Å²) in [5.41, 5.74) is 2.19. The molecular weight excluding hydrogens is 412 g/mol. The molecule has 0 aromatic heterocycles. The molecule has 0 fully saturated rings. The first-order valence-electron chi connectivity index (χ1n) is 9.97. The first kappa shape index (κ1) is 22.4. The molecule has 162 valence electrons. The molecule has 0 aliphatic rings. The Hall–Kier alpha value is -3.32. The minimum absolute atomic E-state index is 0.140. The molecule has 0 saturated carbocycles. The lowest BCUT2D eigenvalue weighted by molar-refractivity contribution is -0.119. The summed E-state index contributed by atoms with van der Waals surface area (Å²) in [6.07, 6.45) is 0. The SMILES string of the molecule is Cc1ccc(S(=O)(=O)N(CC(=O)NCCOc2ccccc2)c2ccccc2C)cc1. The van der Waals surface area contributed by atoms with E-state index in [9.17, 15) is 13.2 Å². The van der Waals surface area contributed by atoms with Crippen LogP contribution in [0.3, 0.4) is 0 Å². The number of carbonyl (C=O) groups is 1. The van der Waals surface area contributed by atoms with E-state index >= 15 is 0 Å². The highest BCUT2D eigenvalue weighted by atomic mass is 32.2. The Morgan fingerprint density at radius 2 is 1.55 bits per heavy atom. The lowest BCUT2D eigenvalue weighted by Crippen LogP contribution is -2.42. The second kappa shape index (κ2) is 10.1. The van der Waals surface area contributed by atoms with Gasteiger partial charge in [-0.25, -0.2) is 8.42 Å². The minimum Gasteiger partial charge on any atom is -0.492 e. The number of amides is 1. The number of nitrogens with one attached hydrogen (secondary N) is 1. The first-order chi connectivity index (χ1) is 14.9. The Morgan fingerprint density at radius 3 is 2.23 bits per heavy atom. The van der Waals surface area contributed by atoms with Gasteiger partial charge < -0.3 is 10.1 Å². The van der Waals surface area contributed by atoms with E-state index < -0.39 is 15.9 Å². The van der Waals surface area contributed by atoms with Crippen LogP contribution in [0.1, 0.15) is 11.1 Å². The zero-order valence-electron chi connectivity index (χ0n) is 17.6. The lowest BCUT2D eigenvalue weighted by Gasteiger charge is -2.25. The molecular formula is C24H26N2O4S. The number of nitrogens with zero attached hydrogens (tertiary/aromatic N) is 1. The fraction of sp³-hybridized carbons (Fsp3) is 0.208. The molecule has 0 bridgehead atoms. The summed E-state index contributed by atoms with van der Waals surface area (Å²) in [7, 11) is -3.92. The molecule has 0 heterocycles. The van der Waals surface area contributed by atoms with Gasteiger partial charge in [-0.3, -0.25) is 9.10 Å². The topological polar surface area (TPSA) is 75.7 Å². The first-order valence-corrected chi connectivity index (χ1v) is 11.4. The van der Waals surface area contributed by atoms with Gasteiger partial charge in [-0.05, 0) is 49.7 Å². The number of anilines is 1. The van der Waals surface area contributed by atoms with Gasteiger partial charge in [0.05, 0.1) is 17.1 Å². The van der Waals surface area contributed by atoms with Crippen LogP contribution in [0.5, 0.6) is 5.75 Å². The van der Waals surface area contributed by atoms with Gasteiger partial charge in [0.15, 0.2) is 0 Å². The van der Waals surface area contributed by atoms with E-state index in [1.54, 1.807) is 36.4 Å². The van der Waals surface area contributed by atoms with Crippen LogP contribution in [0.15, 0.2) is 83.8 Å². The van der Waals surface area contributed by atoms with Crippen LogP contribution in [0.25, 0.3) is 0 Å². The molecule has 3 aromatic rings. The molecule has 0 radical (unpaired) electrons. The number of ether oxygens (including phenoxy) is 1. The van der Waals surface area contributed by atoms with E-state index in [0.717, 1.165) is 15.4 Å². The molecule has 1 amide bonds. The van der Waals surface area contributed by atoms with Gasteiger partial charge in [-0.1, -0.05) is 54.1 Å². The maximum Gasteiger partial charge on any atom is 0.264 e. The van der Waals surface area contributed by atoms with Crippen molar-refractivity contribution in [1.82, 2.24) is 5.32 Å². The zero-order chi connectivity index (χ0) is 22.3. The van der Waals surface area contributed by atoms with Gasteiger partial charge >= 0.3 is 0 Å². The number of hydrogen-bond donors (Lipinski definition) is 1. The van der Waals surface area contributed by atoms with Gasteiger partial charge in [0, 0.05) is 0 Å². The average Bonchev–Trinajstić information content (AvgIpc) is 2.77. The van der Waals surface area contributed by atoms with Crippen molar-refractivity contribution in [2.75, 3.05) is 24.0 Å². The molecule has 0 saturated heterocycles. The third-order valence-electron chi connectivity index (χ3n) is 4.72. The molecule has 7 heteroatoms. The molecule has 0 aliphatic carbocycles. The van der Waals surface area contributed by atoms with Crippen LogP contribution in [-0.4, -0.2) is 34.0 Å². The molecule has 6 nitrogen and oxygen atoms in total. The minimum atomic E-state index is -3.92. The van der Waals surface area contributed by atoms with Crippen LogP contribution >= 0.6 is 0 Å². The Morgan fingerprint density at radius 1 is 0.903 bits per heavy atom. The van der Waals surface area contributed by atoms with E-state index in [2.05, 4.69) is 5.32 Å². The van der Waals surface area contributed by atoms with Crippen molar-refractivity contribution in [2.24, 2.45) is 0 Å². The van der Waals surface area contributed by atoms with E-state index in [1.165, 1.54) is 0 Å². The third kappa shape index (κ3) is 5.86. The Bertz CT molecular complexity index is 1110. The van der Waals surface area contributed by atoms with Crippen molar-refractivity contribution in [3.05, 3.63) is 90.0 Å². The smallest absolute Gasteiger partial charge is 0.264 e. The zero-order valence-corrected chi connectivity index (χ0v) is 18.4. The van der Waals surface area contributed by atoms with Crippen LogP contribution in [0, 0.1) is 13.8 Å². The van der Waals surface area contributed by atoms with Gasteiger partial charge in [0.1, 0.15) is 18.9 Å². The maximum absolute atomic E-state index is 13.4. The lowest BCUT2D eigenvalue weighted by atomic mass is 10.2. The monoisotopic (exact) mass is 438 g/mol. The highest BCUT2D eigenvalue weighted by Crippen LogP contribution is 2.26. The van der Waals surface area contributed by atoms with Crippen molar-refractivity contribution < 1.29 is 17.9 Å². The van der Waals surface area contributed by atoms with E-state index in [4.69, 9.17) is 4.74 Å². The molecule has 0 unspecified atom stereocenters. The maximum atomic E-state index is 13.4. The fourth-order valence-corrected chi connectivity index (χ4v) is 4.53. The predicted molar refractivity (Wildman–Crippen MR) is 122 cm³/mol. The largest absolute Gasteiger partial charge is 0.492 e. The van der Waals surface area contributed by atoms with Crippen LogP contribution < -0.4 is 14.4 Å². The number of aryl methyl sites for hydroxylation is 2. The highest BCUT2D eigenvalue weighted by molar-refractivity contribution is 7.92. The van der Waals surface area contributed by atoms with Crippen LogP contribution in [0.2, 0.25) is 0 Å². The standard InChI is InChI=1S/C24H26N2O4S/c1-19-12-14-22(15-13-19)31(28,29)26(23-11-7-6-8-20(23)2)18-24(27)25-16-17-30-21-9-4-3-5-10-21/h3-15H,16-18H2,1-2H3,(H,25,27). The summed E-state index contributed by atoms with van der Waals surface area (Å²) in [4.78, 5) is 12.7. The van der Waals surface area contributed by atoms with E-state index in [1.807, 2.05) is 56.3 Å². The van der Waals surface area contributed by atoms with Gasteiger partial charge in [-0.15, -0.1) is 0 Å². The normalized spacial score (nSPS) is 11.0. The fourth-order valence-electron chi connectivity index (χ4n) is 3.04. The molecule has 31 heavy (non-hydrogen) atoms. The van der Waals surface area contributed by atoms with Gasteiger partial charge in [0.25, 0.3) is 10.0 Å². The molecule has 1 N–H and O–H groups in total. The van der Waals surface area contributed by atoms with Crippen LogP contribution in [0.4, 0.5) is 5.69 Å². The average molecular weight is 439 g/mol. The summed E-state index contributed by atoms with van der Waals surface area (Å²) < 4.78 is 33.5. The quantitative estimate of drug-likeness (QED) is 0.517. The van der Waals surface area contributed by atoms with E-state index in [0.29, 0.717) is 11.4 Å². The van der Waals surface area contributed by atoms with Crippen molar-refractivity contribution in [3.63, 3.8) is 0 Å².